The number of carbonyl (C=O) groups excluding carboxylic acids is 1. The van der Waals surface area contributed by atoms with Gasteiger partial charge in [-0.25, -0.2) is 9.97 Å². The highest BCUT2D eigenvalue weighted by Gasteiger charge is 2.23. The summed E-state index contributed by atoms with van der Waals surface area (Å²) in [5.74, 6) is 0.317. The van der Waals surface area contributed by atoms with Crippen LogP contribution in [0.2, 0.25) is 0 Å². The Hall–Kier alpha value is -3.61. The third-order valence-corrected chi connectivity index (χ3v) is 5.66. The maximum Gasteiger partial charge on any atom is 0.250 e. The van der Waals surface area contributed by atoms with Crippen LogP contribution in [0.15, 0.2) is 67.0 Å². The maximum absolute atomic E-state index is 13.2. The van der Waals surface area contributed by atoms with Gasteiger partial charge in [0.1, 0.15) is 12.0 Å². The van der Waals surface area contributed by atoms with Gasteiger partial charge in [0.2, 0.25) is 5.91 Å². The van der Waals surface area contributed by atoms with Crippen molar-refractivity contribution in [2.24, 2.45) is 0 Å². The minimum Gasteiger partial charge on any atom is -0.393 e. The number of rotatable bonds is 7. The molecule has 2 aromatic carbocycles. The Bertz CT molecular complexity index is 950. The van der Waals surface area contributed by atoms with Crippen molar-refractivity contribution < 1.29 is 4.79 Å². The zero-order valence-electron chi connectivity index (χ0n) is 17.4. The molecule has 1 aliphatic rings. The summed E-state index contributed by atoms with van der Waals surface area (Å²) in [6.07, 6.45) is 7.37. The number of benzene rings is 2. The molecule has 1 aromatic heterocycles. The summed E-state index contributed by atoms with van der Waals surface area (Å²) < 4.78 is 0. The molecule has 31 heavy (non-hydrogen) atoms. The van der Waals surface area contributed by atoms with Gasteiger partial charge in [0, 0.05) is 6.04 Å². The van der Waals surface area contributed by atoms with Gasteiger partial charge in [0.15, 0.2) is 11.6 Å². The first-order chi connectivity index (χ1) is 15.2. The summed E-state index contributed by atoms with van der Waals surface area (Å²) in [6.45, 7) is 0. The predicted octanol–water partition coefficient (Wildman–Crippen LogP) is 4.08. The van der Waals surface area contributed by atoms with Crippen LogP contribution in [0.5, 0.6) is 0 Å². The summed E-state index contributed by atoms with van der Waals surface area (Å²) in [5.41, 5.74) is 14.2. The Kier molecular flexibility index (Phi) is 6.62. The predicted molar refractivity (Wildman–Crippen MR) is 123 cm³/mol. The van der Waals surface area contributed by atoms with Gasteiger partial charge in [-0.3, -0.25) is 15.6 Å². The summed E-state index contributed by atoms with van der Waals surface area (Å²) in [7, 11) is 0. The zero-order valence-corrected chi connectivity index (χ0v) is 17.4. The molecule has 0 aliphatic heterocycles. The summed E-state index contributed by atoms with van der Waals surface area (Å²) >= 11 is 0. The second-order valence-electron chi connectivity index (χ2n) is 7.83. The van der Waals surface area contributed by atoms with Crippen molar-refractivity contribution in [2.45, 2.75) is 44.1 Å². The lowest BCUT2D eigenvalue weighted by Crippen LogP contribution is -2.35. The molecule has 5 N–H and O–H groups in total. The Labute approximate surface area is 182 Å². The molecule has 1 heterocycles. The van der Waals surface area contributed by atoms with E-state index in [2.05, 4.69) is 26.1 Å². The number of aromatic nitrogens is 2. The van der Waals surface area contributed by atoms with Gasteiger partial charge in [-0.15, -0.1) is 0 Å². The van der Waals surface area contributed by atoms with Crippen molar-refractivity contribution in [1.29, 1.82) is 0 Å². The summed E-state index contributed by atoms with van der Waals surface area (Å²) in [4.78, 5) is 21.7. The van der Waals surface area contributed by atoms with Crippen molar-refractivity contribution in [3.8, 4) is 0 Å². The number of hydrazine groups is 1. The molecular weight excluding hydrogens is 388 g/mol. The van der Waals surface area contributed by atoms with E-state index in [1.807, 2.05) is 60.7 Å². The third kappa shape index (κ3) is 5.12. The fourth-order valence-corrected chi connectivity index (χ4v) is 4.03. The Balaban J connectivity index is 1.48. The zero-order chi connectivity index (χ0) is 21.5. The molecule has 0 saturated heterocycles. The number of carbonyl (C=O) groups is 1. The van der Waals surface area contributed by atoms with E-state index in [9.17, 15) is 4.79 Å². The molecule has 4 rings (SSSR count). The number of nitrogens with zero attached hydrogens (tertiary/aromatic N) is 2. The standard InChI is InChI=1S/C24H28N6O/c25-21-22(28-19-14-8-3-9-15-19)26-16-27-23(21)29-30-24(31)20(17-10-4-1-5-11-17)18-12-6-2-7-13-18/h1-2,4-7,10-13,16,19-20H,3,8-9,14-15,25H2,(H,30,31)(H2,26,27,28,29). The highest BCUT2D eigenvalue weighted by atomic mass is 16.2. The van der Waals surface area contributed by atoms with Gasteiger partial charge in [0.05, 0.1) is 5.92 Å². The monoisotopic (exact) mass is 416 g/mol. The van der Waals surface area contributed by atoms with E-state index in [0.29, 0.717) is 23.4 Å². The highest BCUT2D eigenvalue weighted by Crippen LogP contribution is 2.28. The van der Waals surface area contributed by atoms with E-state index in [0.717, 1.165) is 24.0 Å². The molecule has 1 amide bonds. The van der Waals surface area contributed by atoms with Crippen molar-refractivity contribution >= 4 is 23.2 Å². The number of nitrogens with two attached hydrogens (primary N) is 1. The molecule has 0 radical (unpaired) electrons. The SMILES string of the molecule is Nc1c(NNC(=O)C(c2ccccc2)c2ccccc2)ncnc1NC1CCCCC1. The number of hydrogen-bond donors (Lipinski definition) is 4. The molecule has 0 bridgehead atoms. The van der Waals surface area contributed by atoms with Crippen molar-refractivity contribution in [3.63, 3.8) is 0 Å². The van der Waals surface area contributed by atoms with E-state index < -0.39 is 5.92 Å². The van der Waals surface area contributed by atoms with Gasteiger partial charge in [-0.2, -0.15) is 0 Å². The van der Waals surface area contributed by atoms with Crippen LogP contribution >= 0.6 is 0 Å². The Morgan fingerprint density at radius 1 is 0.871 bits per heavy atom. The minimum atomic E-state index is -0.460. The Morgan fingerprint density at radius 3 is 2.06 bits per heavy atom. The minimum absolute atomic E-state index is 0.197. The van der Waals surface area contributed by atoms with Crippen LogP contribution in [0, 0.1) is 0 Å². The maximum atomic E-state index is 13.2. The average molecular weight is 417 g/mol. The van der Waals surface area contributed by atoms with Crippen LogP contribution in [-0.2, 0) is 4.79 Å². The largest absolute Gasteiger partial charge is 0.393 e. The molecule has 1 aliphatic carbocycles. The van der Waals surface area contributed by atoms with E-state index in [-0.39, 0.29) is 5.91 Å². The average Bonchev–Trinajstić information content (AvgIpc) is 2.82. The third-order valence-electron chi connectivity index (χ3n) is 5.66. The molecule has 1 fully saturated rings. The lowest BCUT2D eigenvalue weighted by Gasteiger charge is -2.24. The van der Waals surface area contributed by atoms with E-state index in [1.165, 1.54) is 25.6 Å². The normalized spacial score (nSPS) is 14.2. The molecule has 7 nitrogen and oxygen atoms in total. The lowest BCUT2D eigenvalue weighted by molar-refractivity contribution is -0.121. The molecule has 7 heteroatoms. The first kappa shape index (κ1) is 20.7. The number of amides is 1. The number of hydrogen-bond acceptors (Lipinski definition) is 6. The molecular formula is C24H28N6O. The smallest absolute Gasteiger partial charge is 0.250 e. The molecule has 160 valence electrons. The molecule has 3 aromatic rings. The highest BCUT2D eigenvalue weighted by molar-refractivity contribution is 5.88. The topological polar surface area (TPSA) is 105 Å². The van der Waals surface area contributed by atoms with Crippen LogP contribution in [0.25, 0.3) is 0 Å². The second-order valence-corrected chi connectivity index (χ2v) is 7.83. The number of nitrogens with one attached hydrogen (secondary N) is 3. The van der Waals surface area contributed by atoms with Gasteiger partial charge >= 0.3 is 0 Å². The van der Waals surface area contributed by atoms with Gasteiger partial charge in [-0.1, -0.05) is 79.9 Å². The molecule has 0 spiro atoms. The van der Waals surface area contributed by atoms with Crippen LogP contribution in [0.4, 0.5) is 17.3 Å². The Morgan fingerprint density at radius 2 is 1.45 bits per heavy atom. The first-order valence-electron chi connectivity index (χ1n) is 10.7. The van der Waals surface area contributed by atoms with Crippen molar-refractivity contribution in [1.82, 2.24) is 15.4 Å². The lowest BCUT2D eigenvalue weighted by atomic mass is 9.91. The van der Waals surface area contributed by atoms with Crippen LogP contribution < -0.4 is 21.9 Å². The molecule has 0 atom stereocenters. The van der Waals surface area contributed by atoms with E-state index >= 15 is 0 Å². The van der Waals surface area contributed by atoms with Gasteiger partial charge in [-0.05, 0) is 24.0 Å². The fourth-order valence-electron chi connectivity index (χ4n) is 4.03. The van der Waals surface area contributed by atoms with Gasteiger partial charge < -0.3 is 11.1 Å². The first-order valence-corrected chi connectivity index (χ1v) is 10.7. The fraction of sp³-hybridized carbons (Fsp3) is 0.292. The van der Waals surface area contributed by atoms with Crippen LogP contribution in [0.3, 0.4) is 0 Å². The number of nitrogen functional groups attached to an aromatic ring is 1. The van der Waals surface area contributed by atoms with Crippen molar-refractivity contribution in [3.05, 3.63) is 78.1 Å². The van der Waals surface area contributed by atoms with Crippen LogP contribution in [0.1, 0.15) is 49.1 Å². The van der Waals surface area contributed by atoms with Crippen LogP contribution in [-0.4, -0.2) is 21.9 Å². The van der Waals surface area contributed by atoms with Gasteiger partial charge in [0.25, 0.3) is 0 Å². The van der Waals surface area contributed by atoms with Crippen molar-refractivity contribution in [2.75, 3.05) is 16.5 Å². The number of anilines is 3. The summed E-state index contributed by atoms with van der Waals surface area (Å²) in [5, 5.41) is 3.42. The summed E-state index contributed by atoms with van der Waals surface area (Å²) in [6, 6.07) is 19.7. The van der Waals surface area contributed by atoms with E-state index in [1.54, 1.807) is 0 Å². The molecule has 1 saturated carbocycles. The quantitative estimate of drug-likeness (QED) is 0.433. The second kappa shape index (κ2) is 9.93. The molecule has 0 unspecified atom stereocenters. The van der Waals surface area contributed by atoms with E-state index in [4.69, 9.17) is 5.73 Å².